The van der Waals surface area contributed by atoms with Crippen molar-refractivity contribution in [3.63, 3.8) is 0 Å². The molecule has 0 atom stereocenters. The highest BCUT2D eigenvalue weighted by molar-refractivity contribution is 5.33. The van der Waals surface area contributed by atoms with Crippen LogP contribution in [0, 0.1) is 0 Å². The minimum absolute atomic E-state index is 0.313. The molecule has 5 heteroatoms. The van der Waals surface area contributed by atoms with Crippen molar-refractivity contribution in [2.75, 3.05) is 6.61 Å². The predicted molar refractivity (Wildman–Crippen MR) is 64.6 cm³/mol. The molecule has 0 aliphatic rings. The first kappa shape index (κ1) is 14.8. The lowest BCUT2D eigenvalue weighted by molar-refractivity contribution is -0.139. The summed E-state index contributed by atoms with van der Waals surface area (Å²) >= 11 is 0. The fourth-order valence-corrected chi connectivity index (χ4v) is 1.38. The van der Waals surface area contributed by atoms with Gasteiger partial charge in [-0.05, 0) is 6.07 Å². The van der Waals surface area contributed by atoms with Crippen LogP contribution in [0.5, 0.6) is 5.75 Å². The molecule has 0 fully saturated rings. The van der Waals surface area contributed by atoms with Gasteiger partial charge in [-0.2, -0.15) is 13.2 Å². The van der Waals surface area contributed by atoms with Crippen LogP contribution in [0.2, 0.25) is 0 Å². The fourth-order valence-electron chi connectivity index (χ4n) is 1.38. The van der Waals surface area contributed by atoms with Gasteiger partial charge in [0.15, 0.2) is 0 Å². The summed E-state index contributed by atoms with van der Waals surface area (Å²) in [5, 5.41) is 3.21. The van der Waals surface area contributed by atoms with E-state index in [1.54, 1.807) is 12.1 Å². The second-order valence-electron chi connectivity index (χ2n) is 4.36. The van der Waals surface area contributed by atoms with Crippen LogP contribution in [0.4, 0.5) is 13.2 Å². The predicted octanol–water partition coefficient (Wildman–Crippen LogP) is 3.52. The molecule has 0 aliphatic carbocycles. The van der Waals surface area contributed by atoms with Crippen LogP contribution in [-0.4, -0.2) is 18.8 Å². The zero-order valence-electron chi connectivity index (χ0n) is 10.6. The van der Waals surface area contributed by atoms with Gasteiger partial charge < -0.3 is 10.1 Å². The topological polar surface area (TPSA) is 21.3 Å². The van der Waals surface area contributed by atoms with E-state index in [-0.39, 0.29) is 6.61 Å². The zero-order valence-corrected chi connectivity index (χ0v) is 10.6. The van der Waals surface area contributed by atoms with Crippen molar-refractivity contribution in [1.29, 1.82) is 0 Å². The largest absolute Gasteiger partial charge is 0.493 e. The molecule has 1 rings (SSSR count). The van der Waals surface area contributed by atoms with E-state index < -0.39 is 12.6 Å². The van der Waals surface area contributed by atoms with Crippen LogP contribution in [0.25, 0.3) is 0 Å². The van der Waals surface area contributed by atoms with Gasteiger partial charge in [0.1, 0.15) is 5.75 Å². The lowest BCUT2D eigenvalue weighted by atomic mass is 10.2. The summed E-state index contributed by atoms with van der Waals surface area (Å²) in [5.74, 6) is 0.509. The molecule has 0 aromatic heterocycles. The van der Waals surface area contributed by atoms with Gasteiger partial charge in [0.25, 0.3) is 0 Å². The summed E-state index contributed by atoms with van der Waals surface area (Å²) in [5.41, 5.74) is 0.869. The molecule has 0 aliphatic heterocycles. The van der Waals surface area contributed by atoms with Crippen LogP contribution >= 0.6 is 0 Å². The molecule has 0 heterocycles. The van der Waals surface area contributed by atoms with Crippen molar-refractivity contribution >= 4 is 0 Å². The van der Waals surface area contributed by atoms with Gasteiger partial charge in [-0.15, -0.1) is 0 Å². The minimum Gasteiger partial charge on any atom is -0.493 e. The first-order chi connectivity index (χ1) is 8.38. The number of hydrogen-bond donors (Lipinski definition) is 1. The lowest BCUT2D eigenvalue weighted by Gasteiger charge is -2.14. The third-order valence-electron chi connectivity index (χ3n) is 2.32. The van der Waals surface area contributed by atoms with Crippen LogP contribution in [-0.2, 0) is 6.54 Å². The van der Waals surface area contributed by atoms with Crippen molar-refractivity contribution in [2.45, 2.75) is 39.0 Å². The number of rotatable bonds is 6. The number of para-hydroxylation sites is 1. The normalized spacial score (nSPS) is 11.9. The maximum absolute atomic E-state index is 12.0. The van der Waals surface area contributed by atoms with Crippen molar-refractivity contribution < 1.29 is 17.9 Å². The van der Waals surface area contributed by atoms with Crippen molar-refractivity contribution in [1.82, 2.24) is 5.32 Å². The molecule has 0 radical (unpaired) electrons. The summed E-state index contributed by atoms with van der Waals surface area (Å²) in [4.78, 5) is 0. The summed E-state index contributed by atoms with van der Waals surface area (Å²) in [6.07, 6.45) is -5.11. The van der Waals surface area contributed by atoms with Crippen LogP contribution in [0.15, 0.2) is 24.3 Å². The van der Waals surface area contributed by atoms with Gasteiger partial charge in [0, 0.05) is 18.2 Å². The van der Waals surface area contributed by atoms with Gasteiger partial charge >= 0.3 is 6.18 Å². The van der Waals surface area contributed by atoms with Crippen molar-refractivity contribution in [3.8, 4) is 5.75 Å². The van der Waals surface area contributed by atoms with Gasteiger partial charge in [-0.25, -0.2) is 0 Å². The Labute approximate surface area is 105 Å². The van der Waals surface area contributed by atoms with Crippen LogP contribution < -0.4 is 10.1 Å². The molecule has 1 N–H and O–H groups in total. The van der Waals surface area contributed by atoms with Gasteiger partial charge in [-0.3, -0.25) is 0 Å². The first-order valence-corrected chi connectivity index (χ1v) is 5.89. The van der Waals surface area contributed by atoms with Crippen LogP contribution in [0.1, 0.15) is 25.8 Å². The highest BCUT2D eigenvalue weighted by atomic mass is 19.4. The highest BCUT2D eigenvalue weighted by Crippen LogP contribution is 2.22. The van der Waals surface area contributed by atoms with Gasteiger partial charge in [0.2, 0.25) is 0 Å². The Morgan fingerprint density at radius 1 is 1.22 bits per heavy atom. The molecule has 1 aromatic rings. The van der Waals surface area contributed by atoms with Gasteiger partial charge in [-0.1, -0.05) is 32.0 Å². The maximum Gasteiger partial charge on any atom is 0.392 e. The number of ether oxygens (including phenoxy) is 1. The third-order valence-corrected chi connectivity index (χ3v) is 2.32. The molecule has 18 heavy (non-hydrogen) atoms. The monoisotopic (exact) mass is 261 g/mol. The van der Waals surface area contributed by atoms with E-state index in [0.717, 1.165) is 5.56 Å². The molecular formula is C13H18F3NO. The number of benzene rings is 1. The second kappa shape index (κ2) is 6.64. The first-order valence-electron chi connectivity index (χ1n) is 5.89. The fraction of sp³-hybridized carbons (Fsp3) is 0.538. The number of halogens is 3. The summed E-state index contributed by atoms with van der Waals surface area (Å²) < 4.78 is 41.2. The third kappa shape index (κ3) is 5.91. The lowest BCUT2D eigenvalue weighted by Crippen LogP contribution is -2.22. The Balaban J connectivity index is 2.53. The zero-order chi connectivity index (χ0) is 13.6. The quantitative estimate of drug-likeness (QED) is 0.846. The summed E-state index contributed by atoms with van der Waals surface area (Å²) in [7, 11) is 0. The molecule has 102 valence electrons. The summed E-state index contributed by atoms with van der Waals surface area (Å²) in [6, 6.07) is 7.44. The molecule has 0 amide bonds. The van der Waals surface area contributed by atoms with E-state index in [9.17, 15) is 13.2 Å². The average Bonchev–Trinajstić information content (AvgIpc) is 2.26. The van der Waals surface area contributed by atoms with E-state index >= 15 is 0 Å². The molecule has 0 saturated carbocycles. The Morgan fingerprint density at radius 2 is 1.89 bits per heavy atom. The van der Waals surface area contributed by atoms with E-state index in [4.69, 9.17) is 4.74 Å². The molecule has 0 unspecified atom stereocenters. The smallest absolute Gasteiger partial charge is 0.392 e. The standard InChI is InChI=1S/C13H18F3NO/c1-10(2)17-9-11-5-3-4-6-12(11)18-8-7-13(14,15)16/h3-6,10,17H,7-9H2,1-2H3. The SMILES string of the molecule is CC(C)NCc1ccccc1OCCC(F)(F)F. The number of nitrogens with one attached hydrogen (secondary N) is 1. The Morgan fingerprint density at radius 3 is 2.50 bits per heavy atom. The van der Waals surface area contributed by atoms with E-state index in [1.807, 2.05) is 26.0 Å². The van der Waals surface area contributed by atoms with E-state index in [1.165, 1.54) is 0 Å². The number of alkyl halides is 3. The molecule has 0 bridgehead atoms. The van der Waals surface area contributed by atoms with Crippen molar-refractivity contribution in [2.24, 2.45) is 0 Å². The molecule has 0 spiro atoms. The molecular weight excluding hydrogens is 243 g/mol. The van der Waals surface area contributed by atoms with E-state index in [2.05, 4.69) is 5.32 Å². The Kier molecular flexibility index (Phi) is 5.47. The van der Waals surface area contributed by atoms with Crippen LogP contribution in [0.3, 0.4) is 0 Å². The van der Waals surface area contributed by atoms with Gasteiger partial charge in [0.05, 0.1) is 13.0 Å². The van der Waals surface area contributed by atoms with E-state index in [0.29, 0.717) is 18.3 Å². The maximum atomic E-state index is 12.0. The van der Waals surface area contributed by atoms with Crippen molar-refractivity contribution in [3.05, 3.63) is 29.8 Å². The molecule has 0 saturated heterocycles. The molecule has 2 nitrogen and oxygen atoms in total. The highest BCUT2D eigenvalue weighted by Gasteiger charge is 2.26. The Hall–Kier alpha value is -1.23. The number of hydrogen-bond acceptors (Lipinski definition) is 2. The Bertz CT molecular complexity index is 363. The second-order valence-corrected chi connectivity index (χ2v) is 4.36. The molecule has 1 aromatic carbocycles. The summed E-state index contributed by atoms with van der Waals surface area (Å²) in [6.45, 7) is 4.25. The average molecular weight is 261 g/mol. The minimum atomic E-state index is -4.18.